The Morgan fingerprint density at radius 2 is 1.90 bits per heavy atom. The number of carbonyl (C=O) groups is 1. The van der Waals surface area contributed by atoms with Crippen molar-refractivity contribution in [2.45, 2.75) is 65.5 Å². The number of hydrogen-bond acceptors (Lipinski definition) is 5. The van der Waals surface area contributed by atoms with Crippen LogP contribution in [0.5, 0.6) is 11.6 Å². The minimum absolute atomic E-state index is 0.0874. The van der Waals surface area contributed by atoms with E-state index >= 15 is 0 Å². The van der Waals surface area contributed by atoms with Crippen LogP contribution in [-0.4, -0.2) is 21.6 Å². The van der Waals surface area contributed by atoms with E-state index in [1.807, 2.05) is 6.07 Å². The van der Waals surface area contributed by atoms with Crippen molar-refractivity contribution in [2.75, 3.05) is 0 Å². The summed E-state index contributed by atoms with van der Waals surface area (Å²) in [6.45, 7) is 5.49. The highest BCUT2D eigenvalue weighted by Gasteiger charge is 2.29. The number of unbranched alkanes of at least 4 members (excludes halogenated alkanes) is 3. The largest absolute Gasteiger partial charge is 0.494 e. The highest BCUT2D eigenvalue weighted by Crippen LogP contribution is 2.26. The van der Waals surface area contributed by atoms with E-state index in [4.69, 9.17) is 4.74 Å². The number of aromatic hydroxyl groups is 1. The third-order valence-electron chi connectivity index (χ3n) is 5.04. The molecule has 7 heteroatoms. The smallest absolute Gasteiger partial charge is 0.271 e. The maximum Gasteiger partial charge on any atom is 0.271 e. The van der Waals surface area contributed by atoms with E-state index in [9.17, 15) is 24.3 Å². The molecular formula is C23H27FN2O4. The summed E-state index contributed by atoms with van der Waals surface area (Å²) < 4.78 is 19.9. The highest BCUT2D eigenvalue weighted by molar-refractivity contribution is 6.03. The van der Waals surface area contributed by atoms with Gasteiger partial charge in [0.1, 0.15) is 23.2 Å². The molecule has 0 fully saturated rings. The Kier molecular flexibility index (Phi) is 8.16. The second kappa shape index (κ2) is 10.6. The van der Waals surface area contributed by atoms with Gasteiger partial charge < -0.3 is 9.84 Å². The van der Waals surface area contributed by atoms with E-state index in [2.05, 4.69) is 6.92 Å². The SMILES string of the molecule is CCCCCCn1c(O)c(C(=O)C(CC)Oc2ccc(F)cc2)c(C)c(C#N)c1=O. The summed E-state index contributed by atoms with van der Waals surface area (Å²) in [6, 6.07) is 7.13. The van der Waals surface area contributed by atoms with E-state index in [0.717, 1.165) is 23.8 Å². The zero-order valence-corrected chi connectivity index (χ0v) is 17.6. The van der Waals surface area contributed by atoms with Gasteiger partial charge in [0.2, 0.25) is 11.7 Å². The van der Waals surface area contributed by atoms with E-state index in [-0.39, 0.29) is 29.7 Å². The number of hydrogen-bond donors (Lipinski definition) is 1. The molecule has 160 valence electrons. The van der Waals surface area contributed by atoms with Gasteiger partial charge in [-0.25, -0.2) is 4.39 Å². The first-order valence-electron chi connectivity index (χ1n) is 10.2. The van der Waals surface area contributed by atoms with Crippen LogP contribution in [0.25, 0.3) is 0 Å². The molecule has 2 aromatic rings. The number of nitriles is 1. The Balaban J connectivity index is 2.44. The molecule has 0 aliphatic carbocycles. The molecule has 6 nitrogen and oxygen atoms in total. The quantitative estimate of drug-likeness (QED) is 0.457. The van der Waals surface area contributed by atoms with Crippen LogP contribution < -0.4 is 10.3 Å². The van der Waals surface area contributed by atoms with Crippen molar-refractivity contribution in [3.63, 3.8) is 0 Å². The van der Waals surface area contributed by atoms with Crippen molar-refractivity contribution >= 4 is 5.78 Å². The van der Waals surface area contributed by atoms with Crippen molar-refractivity contribution in [3.8, 4) is 17.7 Å². The zero-order chi connectivity index (χ0) is 22.3. The maximum atomic E-state index is 13.2. The predicted octanol–water partition coefficient (Wildman–Crippen LogP) is 4.49. The lowest BCUT2D eigenvalue weighted by molar-refractivity contribution is 0.0781. The lowest BCUT2D eigenvalue weighted by Gasteiger charge is -2.20. The van der Waals surface area contributed by atoms with Gasteiger partial charge >= 0.3 is 0 Å². The Morgan fingerprint density at radius 3 is 2.47 bits per heavy atom. The van der Waals surface area contributed by atoms with Gasteiger partial charge in [0.15, 0.2) is 6.10 Å². The van der Waals surface area contributed by atoms with Crippen LogP contribution in [0, 0.1) is 24.1 Å². The average Bonchev–Trinajstić information content (AvgIpc) is 2.73. The lowest BCUT2D eigenvalue weighted by Crippen LogP contribution is -2.32. The van der Waals surface area contributed by atoms with E-state index in [1.165, 1.54) is 31.2 Å². The number of nitrogens with zero attached hydrogens (tertiary/aromatic N) is 2. The third kappa shape index (κ3) is 5.07. The molecule has 1 aromatic heterocycles. The summed E-state index contributed by atoms with van der Waals surface area (Å²) in [5.74, 6) is -1.10. The molecule has 0 radical (unpaired) electrons. The zero-order valence-electron chi connectivity index (χ0n) is 17.6. The third-order valence-corrected chi connectivity index (χ3v) is 5.04. The topological polar surface area (TPSA) is 92.3 Å². The van der Waals surface area contributed by atoms with Gasteiger partial charge in [-0.1, -0.05) is 33.1 Å². The second-order valence-corrected chi connectivity index (χ2v) is 7.16. The van der Waals surface area contributed by atoms with Crippen LogP contribution in [0.3, 0.4) is 0 Å². The molecule has 1 heterocycles. The number of rotatable bonds is 10. The lowest BCUT2D eigenvalue weighted by atomic mass is 9.97. The Hall–Kier alpha value is -3.14. The normalized spacial score (nSPS) is 11.7. The summed E-state index contributed by atoms with van der Waals surface area (Å²) in [5.41, 5.74) is -0.720. The molecule has 0 saturated carbocycles. The monoisotopic (exact) mass is 414 g/mol. The first-order chi connectivity index (χ1) is 14.3. The van der Waals surface area contributed by atoms with Gasteiger partial charge in [-0.15, -0.1) is 0 Å². The van der Waals surface area contributed by atoms with Gasteiger partial charge in [-0.2, -0.15) is 5.26 Å². The summed E-state index contributed by atoms with van der Waals surface area (Å²) in [5, 5.41) is 20.2. The first kappa shape index (κ1) is 23.1. The van der Waals surface area contributed by atoms with Crippen molar-refractivity contribution in [1.82, 2.24) is 4.57 Å². The van der Waals surface area contributed by atoms with Crippen molar-refractivity contribution in [2.24, 2.45) is 0 Å². The molecule has 1 atom stereocenters. The Bertz CT molecular complexity index is 990. The van der Waals surface area contributed by atoms with Gasteiger partial charge in [0.05, 0.1) is 5.56 Å². The maximum absolute atomic E-state index is 13.2. The molecule has 0 aliphatic heterocycles. The van der Waals surface area contributed by atoms with Crippen LogP contribution in [0.2, 0.25) is 0 Å². The van der Waals surface area contributed by atoms with Gasteiger partial charge in [-0.05, 0) is 49.6 Å². The standard InChI is InChI=1S/C23H27FN2O4/c1-4-6-7-8-13-26-22(28)18(14-25)15(3)20(23(26)29)21(27)19(5-2)30-17-11-9-16(24)10-12-17/h9-12,19,29H,4-8,13H2,1-3H3. The van der Waals surface area contributed by atoms with Gasteiger partial charge in [0.25, 0.3) is 5.56 Å². The minimum atomic E-state index is -0.961. The molecule has 0 bridgehead atoms. The number of pyridine rings is 1. The number of ketones is 1. The molecular weight excluding hydrogens is 387 g/mol. The summed E-state index contributed by atoms with van der Waals surface area (Å²) >= 11 is 0. The molecule has 0 spiro atoms. The summed E-state index contributed by atoms with van der Waals surface area (Å²) in [7, 11) is 0. The summed E-state index contributed by atoms with van der Waals surface area (Å²) in [6.07, 6.45) is 2.84. The summed E-state index contributed by atoms with van der Waals surface area (Å²) in [4.78, 5) is 25.9. The highest BCUT2D eigenvalue weighted by atomic mass is 19.1. The average molecular weight is 414 g/mol. The Morgan fingerprint density at radius 1 is 1.23 bits per heavy atom. The molecule has 1 unspecified atom stereocenters. The molecule has 30 heavy (non-hydrogen) atoms. The number of Topliss-reactive ketones (excluding diaryl/α,β-unsaturated/α-hetero) is 1. The molecule has 1 aromatic carbocycles. The number of benzene rings is 1. The fraction of sp³-hybridized carbons (Fsp3) is 0.435. The van der Waals surface area contributed by atoms with Gasteiger partial charge in [0, 0.05) is 6.54 Å². The fourth-order valence-corrected chi connectivity index (χ4v) is 3.31. The van der Waals surface area contributed by atoms with Crippen molar-refractivity contribution in [3.05, 3.63) is 57.1 Å². The van der Waals surface area contributed by atoms with Crippen LogP contribution in [0.1, 0.15) is 67.4 Å². The molecule has 0 aliphatic rings. The molecule has 1 N–H and O–H groups in total. The predicted molar refractivity (Wildman–Crippen MR) is 111 cm³/mol. The Labute approximate surface area is 175 Å². The van der Waals surface area contributed by atoms with E-state index < -0.39 is 29.1 Å². The number of aromatic nitrogens is 1. The van der Waals surface area contributed by atoms with Crippen LogP contribution >= 0.6 is 0 Å². The number of ether oxygens (including phenoxy) is 1. The van der Waals surface area contributed by atoms with E-state index in [1.54, 1.807) is 6.92 Å². The van der Waals surface area contributed by atoms with Crippen LogP contribution in [0.4, 0.5) is 4.39 Å². The first-order valence-corrected chi connectivity index (χ1v) is 10.2. The molecule has 0 amide bonds. The second-order valence-electron chi connectivity index (χ2n) is 7.16. The van der Waals surface area contributed by atoms with Crippen LogP contribution in [0.15, 0.2) is 29.1 Å². The van der Waals surface area contributed by atoms with Crippen molar-refractivity contribution in [1.29, 1.82) is 5.26 Å². The molecule has 0 saturated heterocycles. The van der Waals surface area contributed by atoms with E-state index in [0.29, 0.717) is 12.2 Å². The van der Waals surface area contributed by atoms with Crippen molar-refractivity contribution < 1.29 is 19.0 Å². The number of halogens is 1. The minimum Gasteiger partial charge on any atom is -0.494 e. The molecule has 2 rings (SSSR count). The number of carbonyl (C=O) groups excluding carboxylic acids is 1. The van der Waals surface area contributed by atoms with Gasteiger partial charge in [-0.3, -0.25) is 14.2 Å². The van der Waals surface area contributed by atoms with Crippen LogP contribution in [-0.2, 0) is 6.54 Å². The fourth-order valence-electron chi connectivity index (χ4n) is 3.31.